The topological polar surface area (TPSA) is 101 Å². The van der Waals surface area contributed by atoms with Crippen molar-refractivity contribution in [2.45, 2.75) is 6.42 Å². The second-order valence-corrected chi connectivity index (χ2v) is 2.40. The molecule has 1 heterocycles. The van der Waals surface area contributed by atoms with E-state index in [9.17, 15) is 14.4 Å². The molecule has 1 fully saturated rings. The van der Waals surface area contributed by atoms with Gasteiger partial charge in [0.15, 0.2) is 0 Å². The van der Waals surface area contributed by atoms with Crippen LogP contribution in [0, 0.1) is 5.41 Å². The Bertz CT molecular complexity index is 241. The summed E-state index contributed by atoms with van der Waals surface area (Å²) >= 11 is 0. The van der Waals surface area contributed by atoms with Crippen molar-refractivity contribution in [2.24, 2.45) is 5.41 Å². The van der Waals surface area contributed by atoms with Crippen LogP contribution in [0.2, 0.25) is 0 Å². The van der Waals surface area contributed by atoms with E-state index in [0.717, 1.165) is 0 Å². The summed E-state index contributed by atoms with van der Waals surface area (Å²) in [5.74, 6) is -4.53. The summed E-state index contributed by atoms with van der Waals surface area (Å²) < 4.78 is 4.29. The lowest BCUT2D eigenvalue weighted by atomic mass is 9.87. The average molecular weight is 174 g/mol. The first-order chi connectivity index (χ1) is 5.51. The molecule has 1 aliphatic heterocycles. The van der Waals surface area contributed by atoms with Crippen molar-refractivity contribution >= 4 is 17.9 Å². The average Bonchev–Trinajstić information content (AvgIpc) is 2.31. The molecule has 66 valence electrons. The summed E-state index contributed by atoms with van der Waals surface area (Å²) in [4.78, 5) is 31.8. The van der Waals surface area contributed by atoms with Gasteiger partial charge in [0.25, 0.3) is 5.41 Å². The molecular weight excluding hydrogens is 168 g/mol. The minimum Gasteiger partial charge on any atom is -0.480 e. The molecule has 1 aliphatic rings. The fourth-order valence-electron chi connectivity index (χ4n) is 1.00. The van der Waals surface area contributed by atoms with E-state index in [4.69, 9.17) is 10.2 Å². The van der Waals surface area contributed by atoms with E-state index < -0.39 is 23.3 Å². The Kier molecular flexibility index (Phi) is 1.75. The van der Waals surface area contributed by atoms with Gasteiger partial charge in [-0.1, -0.05) is 0 Å². The number of carboxylic acids is 2. The van der Waals surface area contributed by atoms with Gasteiger partial charge in [-0.15, -0.1) is 0 Å². The summed E-state index contributed by atoms with van der Waals surface area (Å²) in [5.41, 5.74) is -2.38. The molecule has 0 radical (unpaired) electrons. The highest BCUT2D eigenvalue weighted by atomic mass is 16.5. The summed E-state index contributed by atoms with van der Waals surface area (Å²) in [7, 11) is 0. The number of esters is 1. The first-order valence-electron chi connectivity index (χ1n) is 3.16. The van der Waals surface area contributed by atoms with Crippen LogP contribution in [0.5, 0.6) is 0 Å². The maximum absolute atomic E-state index is 10.8. The molecule has 0 amide bonds. The summed E-state index contributed by atoms with van der Waals surface area (Å²) in [6.45, 7) is -0.155. The normalized spacial score (nSPS) is 20.2. The minimum atomic E-state index is -2.38. The highest BCUT2D eigenvalue weighted by Gasteiger charge is 2.58. The third kappa shape index (κ3) is 0.843. The van der Waals surface area contributed by atoms with Gasteiger partial charge in [0.05, 0.1) is 6.61 Å². The van der Waals surface area contributed by atoms with Crippen LogP contribution < -0.4 is 0 Å². The second kappa shape index (κ2) is 2.47. The van der Waals surface area contributed by atoms with Gasteiger partial charge in [-0.05, 0) is 0 Å². The molecule has 0 bridgehead atoms. The van der Waals surface area contributed by atoms with Crippen LogP contribution in [0.25, 0.3) is 0 Å². The molecule has 0 unspecified atom stereocenters. The van der Waals surface area contributed by atoms with Crippen LogP contribution in [0.15, 0.2) is 0 Å². The van der Waals surface area contributed by atoms with E-state index in [1.54, 1.807) is 0 Å². The lowest BCUT2D eigenvalue weighted by molar-refractivity contribution is -0.171. The van der Waals surface area contributed by atoms with E-state index in [-0.39, 0.29) is 13.0 Å². The molecule has 0 saturated carbocycles. The molecule has 0 aromatic rings. The second-order valence-electron chi connectivity index (χ2n) is 2.40. The number of rotatable bonds is 2. The van der Waals surface area contributed by atoms with Crippen LogP contribution in [0.1, 0.15) is 6.42 Å². The zero-order valence-electron chi connectivity index (χ0n) is 5.94. The lowest BCUT2D eigenvalue weighted by Crippen LogP contribution is -2.43. The Balaban J connectivity index is 3.10. The van der Waals surface area contributed by atoms with Gasteiger partial charge in [-0.2, -0.15) is 0 Å². The zero-order chi connectivity index (χ0) is 9.35. The third-order valence-corrected chi connectivity index (χ3v) is 1.79. The zero-order valence-corrected chi connectivity index (χ0v) is 5.94. The predicted octanol–water partition coefficient (Wildman–Crippen LogP) is -0.911. The highest BCUT2D eigenvalue weighted by molar-refractivity contribution is 6.17. The van der Waals surface area contributed by atoms with E-state index in [2.05, 4.69) is 4.74 Å². The summed E-state index contributed by atoms with van der Waals surface area (Å²) in [6, 6.07) is 0. The van der Waals surface area contributed by atoms with Gasteiger partial charge in [0, 0.05) is 6.42 Å². The number of hydrogen-bond donors (Lipinski definition) is 2. The number of carbonyl (C=O) groups is 3. The van der Waals surface area contributed by atoms with Crippen molar-refractivity contribution in [1.82, 2.24) is 0 Å². The first kappa shape index (κ1) is 8.51. The van der Waals surface area contributed by atoms with Crippen molar-refractivity contribution < 1.29 is 29.3 Å². The molecule has 0 atom stereocenters. The van der Waals surface area contributed by atoms with Crippen molar-refractivity contribution in [3.05, 3.63) is 0 Å². The molecule has 0 aliphatic carbocycles. The van der Waals surface area contributed by atoms with Crippen molar-refractivity contribution in [1.29, 1.82) is 0 Å². The maximum Gasteiger partial charge on any atom is 0.335 e. The van der Waals surface area contributed by atoms with Gasteiger partial charge in [0.1, 0.15) is 0 Å². The Morgan fingerprint density at radius 2 is 1.83 bits per heavy atom. The van der Waals surface area contributed by atoms with Crippen LogP contribution in [-0.2, 0) is 19.1 Å². The SMILES string of the molecule is O=C(O)C1(C(=O)O)CCOC1=O. The van der Waals surface area contributed by atoms with Crippen molar-refractivity contribution in [3.63, 3.8) is 0 Å². The van der Waals surface area contributed by atoms with Crippen LogP contribution in [-0.4, -0.2) is 34.7 Å². The summed E-state index contributed by atoms with van der Waals surface area (Å²) in [5, 5.41) is 17.0. The summed E-state index contributed by atoms with van der Waals surface area (Å²) in [6.07, 6.45) is -0.309. The Hall–Kier alpha value is -1.59. The van der Waals surface area contributed by atoms with Gasteiger partial charge < -0.3 is 14.9 Å². The van der Waals surface area contributed by atoms with E-state index in [0.29, 0.717) is 0 Å². The fraction of sp³-hybridized carbons (Fsp3) is 0.500. The maximum atomic E-state index is 10.8. The Morgan fingerprint density at radius 1 is 1.33 bits per heavy atom. The van der Waals surface area contributed by atoms with E-state index in [1.807, 2.05) is 0 Å². The highest BCUT2D eigenvalue weighted by Crippen LogP contribution is 2.30. The third-order valence-electron chi connectivity index (χ3n) is 1.79. The quantitative estimate of drug-likeness (QED) is 0.415. The molecule has 6 nitrogen and oxygen atoms in total. The molecule has 0 spiro atoms. The van der Waals surface area contributed by atoms with Crippen LogP contribution in [0.4, 0.5) is 0 Å². The molecule has 0 aromatic carbocycles. The van der Waals surface area contributed by atoms with Gasteiger partial charge in [0.2, 0.25) is 0 Å². The Morgan fingerprint density at radius 3 is 2.00 bits per heavy atom. The van der Waals surface area contributed by atoms with Crippen molar-refractivity contribution in [2.75, 3.05) is 6.61 Å². The van der Waals surface area contributed by atoms with E-state index in [1.165, 1.54) is 0 Å². The largest absolute Gasteiger partial charge is 0.480 e. The Labute approximate surface area is 66.7 Å². The van der Waals surface area contributed by atoms with Crippen LogP contribution in [0.3, 0.4) is 0 Å². The number of hydrogen-bond acceptors (Lipinski definition) is 4. The van der Waals surface area contributed by atoms with Crippen molar-refractivity contribution in [3.8, 4) is 0 Å². The molecule has 12 heavy (non-hydrogen) atoms. The van der Waals surface area contributed by atoms with Crippen LogP contribution >= 0.6 is 0 Å². The predicted molar refractivity (Wildman–Crippen MR) is 33.3 cm³/mol. The van der Waals surface area contributed by atoms with Gasteiger partial charge in [-0.3, -0.25) is 14.4 Å². The number of carbonyl (C=O) groups excluding carboxylic acids is 1. The molecule has 6 heteroatoms. The monoisotopic (exact) mass is 174 g/mol. The number of aliphatic carboxylic acids is 2. The molecule has 0 aromatic heterocycles. The molecule has 1 rings (SSSR count). The smallest absolute Gasteiger partial charge is 0.335 e. The lowest BCUT2D eigenvalue weighted by Gasteiger charge is -2.12. The standard InChI is InChI=1S/C6H6O6/c7-3(8)6(4(9)10)1-2-12-5(6)11/h1-2H2,(H,7,8)(H,9,10). The molecule has 1 saturated heterocycles. The van der Waals surface area contributed by atoms with E-state index >= 15 is 0 Å². The number of carboxylic acid groups (broad SMARTS) is 2. The van der Waals surface area contributed by atoms with Gasteiger partial charge in [-0.25, -0.2) is 0 Å². The number of cyclic esters (lactones) is 1. The first-order valence-corrected chi connectivity index (χ1v) is 3.16. The number of ether oxygens (including phenoxy) is 1. The van der Waals surface area contributed by atoms with Gasteiger partial charge >= 0.3 is 17.9 Å². The minimum absolute atomic E-state index is 0.155. The molecule has 2 N–H and O–H groups in total. The fourth-order valence-corrected chi connectivity index (χ4v) is 1.00. The molecular formula is C6H6O6.